The van der Waals surface area contributed by atoms with Crippen molar-refractivity contribution >= 4 is 23.6 Å². The fourth-order valence-electron chi connectivity index (χ4n) is 3.78. The number of carbonyl (C=O) groups excluding carboxylic acids is 3. The summed E-state index contributed by atoms with van der Waals surface area (Å²) in [5.41, 5.74) is 2.11. The number of hydrogen-bond donors (Lipinski definition) is 2. The SMILES string of the molecule is CC[C@H](C)NC(=O)[C@@H]1[C@@H](c2ccc(NC(=O)c3ccco3)cc2)OC(=O)N1Cc1ccccc1. The number of nitrogens with zero attached hydrogens (tertiary/aromatic N) is 1. The summed E-state index contributed by atoms with van der Waals surface area (Å²) in [6, 6.07) is 18.7. The molecule has 1 aliphatic heterocycles. The van der Waals surface area contributed by atoms with Gasteiger partial charge in [0.1, 0.15) is 0 Å². The molecular formula is C26H27N3O5. The number of furan rings is 1. The van der Waals surface area contributed by atoms with E-state index in [1.807, 2.05) is 44.2 Å². The van der Waals surface area contributed by atoms with Crippen LogP contribution in [-0.2, 0) is 16.1 Å². The van der Waals surface area contributed by atoms with E-state index in [1.54, 1.807) is 36.4 Å². The number of anilines is 1. The van der Waals surface area contributed by atoms with Crippen molar-refractivity contribution in [2.45, 2.75) is 45.0 Å². The van der Waals surface area contributed by atoms with Crippen molar-refractivity contribution < 1.29 is 23.5 Å². The van der Waals surface area contributed by atoms with Gasteiger partial charge in [0, 0.05) is 11.7 Å². The fraction of sp³-hybridized carbons (Fsp3) is 0.269. The van der Waals surface area contributed by atoms with Crippen LogP contribution >= 0.6 is 0 Å². The second-order valence-electron chi connectivity index (χ2n) is 8.23. The van der Waals surface area contributed by atoms with Crippen LogP contribution in [0.3, 0.4) is 0 Å². The molecule has 34 heavy (non-hydrogen) atoms. The van der Waals surface area contributed by atoms with Crippen LogP contribution in [0.25, 0.3) is 0 Å². The van der Waals surface area contributed by atoms with Gasteiger partial charge in [0.25, 0.3) is 5.91 Å². The van der Waals surface area contributed by atoms with Gasteiger partial charge in [0.2, 0.25) is 5.91 Å². The van der Waals surface area contributed by atoms with Gasteiger partial charge in [-0.15, -0.1) is 0 Å². The molecule has 1 fully saturated rings. The molecule has 4 rings (SSSR count). The molecule has 176 valence electrons. The lowest BCUT2D eigenvalue weighted by Crippen LogP contribution is -2.48. The zero-order valence-electron chi connectivity index (χ0n) is 19.1. The quantitative estimate of drug-likeness (QED) is 0.514. The van der Waals surface area contributed by atoms with E-state index in [1.165, 1.54) is 11.2 Å². The molecule has 0 aliphatic carbocycles. The van der Waals surface area contributed by atoms with E-state index in [0.29, 0.717) is 11.3 Å². The van der Waals surface area contributed by atoms with E-state index < -0.39 is 18.2 Å². The van der Waals surface area contributed by atoms with Crippen molar-refractivity contribution in [2.24, 2.45) is 0 Å². The molecule has 8 heteroatoms. The van der Waals surface area contributed by atoms with Crippen molar-refractivity contribution in [1.29, 1.82) is 0 Å². The van der Waals surface area contributed by atoms with Crippen LogP contribution in [0.1, 0.15) is 48.1 Å². The monoisotopic (exact) mass is 461 g/mol. The van der Waals surface area contributed by atoms with Crippen LogP contribution < -0.4 is 10.6 Å². The van der Waals surface area contributed by atoms with E-state index >= 15 is 0 Å². The number of carbonyl (C=O) groups is 3. The average Bonchev–Trinajstić information content (AvgIpc) is 3.49. The van der Waals surface area contributed by atoms with Crippen molar-refractivity contribution in [3.63, 3.8) is 0 Å². The second-order valence-corrected chi connectivity index (χ2v) is 8.23. The lowest BCUT2D eigenvalue weighted by atomic mass is 10.00. The Hall–Kier alpha value is -4.07. The lowest BCUT2D eigenvalue weighted by Gasteiger charge is -2.25. The van der Waals surface area contributed by atoms with Crippen molar-refractivity contribution in [3.8, 4) is 0 Å². The molecule has 3 aromatic rings. The van der Waals surface area contributed by atoms with Crippen molar-refractivity contribution in [1.82, 2.24) is 10.2 Å². The summed E-state index contributed by atoms with van der Waals surface area (Å²) in [7, 11) is 0. The minimum atomic E-state index is -0.828. The Bertz CT molecular complexity index is 1130. The van der Waals surface area contributed by atoms with Gasteiger partial charge >= 0.3 is 6.09 Å². The minimum absolute atomic E-state index is 0.0402. The third-order valence-corrected chi connectivity index (χ3v) is 5.79. The normalized spacial score (nSPS) is 18.3. The van der Waals surface area contributed by atoms with Crippen LogP contribution in [0.4, 0.5) is 10.5 Å². The van der Waals surface area contributed by atoms with Gasteiger partial charge in [-0.05, 0) is 48.7 Å². The fourth-order valence-corrected chi connectivity index (χ4v) is 3.78. The smallest absolute Gasteiger partial charge is 0.411 e. The molecule has 0 saturated carbocycles. The van der Waals surface area contributed by atoms with E-state index in [2.05, 4.69) is 10.6 Å². The molecular weight excluding hydrogens is 434 g/mol. The number of cyclic esters (lactones) is 1. The molecule has 2 N–H and O–H groups in total. The van der Waals surface area contributed by atoms with Gasteiger partial charge in [0.05, 0.1) is 12.8 Å². The summed E-state index contributed by atoms with van der Waals surface area (Å²) in [5, 5.41) is 5.73. The predicted molar refractivity (Wildman–Crippen MR) is 126 cm³/mol. The zero-order valence-corrected chi connectivity index (χ0v) is 19.1. The first-order valence-electron chi connectivity index (χ1n) is 11.2. The molecule has 3 atom stereocenters. The first-order chi connectivity index (χ1) is 16.5. The Morgan fingerprint density at radius 1 is 1.03 bits per heavy atom. The summed E-state index contributed by atoms with van der Waals surface area (Å²) in [6.45, 7) is 4.16. The topological polar surface area (TPSA) is 101 Å². The number of ether oxygens (including phenoxy) is 1. The molecule has 0 radical (unpaired) electrons. The molecule has 8 nitrogen and oxygen atoms in total. The van der Waals surface area contributed by atoms with E-state index in [-0.39, 0.29) is 30.2 Å². The number of hydrogen-bond acceptors (Lipinski definition) is 5. The lowest BCUT2D eigenvalue weighted by molar-refractivity contribution is -0.127. The molecule has 0 unspecified atom stereocenters. The van der Waals surface area contributed by atoms with Gasteiger partial charge in [-0.25, -0.2) is 4.79 Å². The Morgan fingerprint density at radius 3 is 2.41 bits per heavy atom. The average molecular weight is 462 g/mol. The highest BCUT2D eigenvalue weighted by molar-refractivity contribution is 6.02. The maximum absolute atomic E-state index is 13.2. The molecule has 2 aromatic carbocycles. The highest BCUT2D eigenvalue weighted by atomic mass is 16.6. The number of benzene rings is 2. The van der Waals surface area contributed by atoms with Gasteiger partial charge in [-0.3, -0.25) is 14.5 Å². The van der Waals surface area contributed by atoms with E-state index in [4.69, 9.17) is 9.15 Å². The maximum Gasteiger partial charge on any atom is 0.411 e. The Labute approximate surface area is 197 Å². The van der Waals surface area contributed by atoms with Crippen LogP contribution in [0.15, 0.2) is 77.4 Å². The molecule has 2 heterocycles. The predicted octanol–water partition coefficient (Wildman–Crippen LogP) is 4.51. The number of rotatable bonds is 8. The molecule has 1 saturated heterocycles. The highest BCUT2D eigenvalue weighted by Gasteiger charge is 2.47. The van der Waals surface area contributed by atoms with Crippen molar-refractivity contribution in [2.75, 3.05) is 5.32 Å². The van der Waals surface area contributed by atoms with Gasteiger partial charge in [0.15, 0.2) is 17.9 Å². The first kappa shape index (κ1) is 23.1. The number of nitrogens with one attached hydrogen (secondary N) is 2. The standard InChI is InChI=1S/C26H27N3O5/c1-3-17(2)27-25(31)22-23(34-26(32)29(22)16-18-8-5-4-6-9-18)19-11-13-20(14-12-19)28-24(30)21-10-7-15-33-21/h4-15,17,22-23H,3,16H2,1-2H3,(H,27,31)(H,28,30)/t17-,22-,23+/m0/s1. The van der Waals surface area contributed by atoms with Crippen LogP contribution in [0, 0.1) is 0 Å². The third-order valence-electron chi connectivity index (χ3n) is 5.79. The maximum atomic E-state index is 13.2. The molecule has 3 amide bonds. The molecule has 0 bridgehead atoms. The highest BCUT2D eigenvalue weighted by Crippen LogP contribution is 2.34. The summed E-state index contributed by atoms with van der Waals surface area (Å²) in [6.07, 6.45) is 0.863. The van der Waals surface area contributed by atoms with Gasteiger partial charge in [-0.2, -0.15) is 0 Å². The summed E-state index contributed by atoms with van der Waals surface area (Å²) in [5.74, 6) is -0.437. The largest absolute Gasteiger partial charge is 0.459 e. The van der Waals surface area contributed by atoms with Crippen molar-refractivity contribution in [3.05, 3.63) is 89.9 Å². The van der Waals surface area contributed by atoms with Crippen LogP contribution in [0.5, 0.6) is 0 Å². The van der Waals surface area contributed by atoms with Gasteiger partial charge in [-0.1, -0.05) is 49.4 Å². The summed E-state index contributed by atoms with van der Waals surface area (Å²) in [4.78, 5) is 39.7. The molecule has 1 aliphatic rings. The minimum Gasteiger partial charge on any atom is -0.459 e. The van der Waals surface area contributed by atoms with Crippen LogP contribution in [-0.4, -0.2) is 34.9 Å². The molecule has 0 spiro atoms. The summed E-state index contributed by atoms with van der Waals surface area (Å²) >= 11 is 0. The summed E-state index contributed by atoms with van der Waals surface area (Å²) < 4.78 is 10.8. The second kappa shape index (κ2) is 10.2. The van der Waals surface area contributed by atoms with Crippen LogP contribution in [0.2, 0.25) is 0 Å². The zero-order chi connectivity index (χ0) is 24.1. The molecule has 1 aromatic heterocycles. The third kappa shape index (κ3) is 5.11. The number of amides is 3. The Morgan fingerprint density at radius 2 is 1.76 bits per heavy atom. The van der Waals surface area contributed by atoms with Gasteiger partial charge < -0.3 is 19.8 Å². The Kier molecular flexibility index (Phi) is 6.96. The first-order valence-corrected chi connectivity index (χ1v) is 11.2. The Balaban J connectivity index is 1.56. The van der Waals surface area contributed by atoms with E-state index in [0.717, 1.165) is 12.0 Å². The van der Waals surface area contributed by atoms with E-state index in [9.17, 15) is 14.4 Å².